The van der Waals surface area contributed by atoms with E-state index in [0.29, 0.717) is 3.57 Å². The molecule has 1 aromatic carbocycles. The smallest absolute Gasteiger partial charge is 0.129 e. The molecule has 6 heteroatoms. The highest BCUT2D eigenvalue weighted by molar-refractivity contribution is 14.1. The van der Waals surface area contributed by atoms with Gasteiger partial charge >= 0.3 is 0 Å². The Labute approximate surface area is 80.8 Å². The average Bonchev–Trinajstić information content (AvgIpc) is 1.96. The van der Waals surface area contributed by atoms with Crippen molar-refractivity contribution < 1.29 is 9.50 Å². The molecule has 0 saturated heterocycles. The highest BCUT2D eigenvalue weighted by atomic mass is 127. The molecule has 0 saturated carbocycles. The predicted molar refractivity (Wildman–Crippen MR) is 49.6 cm³/mol. The number of hydrogen-bond acceptors (Lipinski definition) is 2. The molecular formula is C6H3FIN3O. The Morgan fingerprint density at radius 2 is 2.25 bits per heavy atom. The summed E-state index contributed by atoms with van der Waals surface area (Å²) >= 11 is 1.77. The molecule has 0 fully saturated rings. The number of nitrogens with zero attached hydrogens (tertiary/aromatic N) is 3. The summed E-state index contributed by atoms with van der Waals surface area (Å²) in [5.74, 6) is -0.911. The molecule has 0 radical (unpaired) electrons. The van der Waals surface area contributed by atoms with E-state index < -0.39 is 5.82 Å². The van der Waals surface area contributed by atoms with Gasteiger partial charge in [0.2, 0.25) is 0 Å². The van der Waals surface area contributed by atoms with Crippen molar-refractivity contribution in [2.75, 3.05) is 0 Å². The van der Waals surface area contributed by atoms with Crippen LogP contribution in [0.25, 0.3) is 10.4 Å². The summed E-state index contributed by atoms with van der Waals surface area (Å²) in [6, 6.07) is 2.07. The molecule has 12 heavy (non-hydrogen) atoms. The minimum Gasteiger partial charge on any atom is -0.507 e. The Hall–Kier alpha value is -1.01. The molecule has 0 spiro atoms. The number of phenols is 1. The van der Waals surface area contributed by atoms with Crippen LogP contribution in [-0.4, -0.2) is 5.11 Å². The molecule has 0 aliphatic heterocycles. The first-order valence-electron chi connectivity index (χ1n) is 2.88. The number of benzene rings is 1. The van der Waals surface area contributed by atoms with Gasteiger partial charge in [-0.05, 0) is 34.2 Å². The maximum absolute atomic E-state index is 12.5. The Morgan fingerprint density at radius 3 is 2.75 bits per heavy atom. The molecule has 4 nitrogen and oxygen atoms in total. The molecule has 0 bridgehead atoms. The third-order valence-electron chi connectivity index (χ3n) is 1.15. The molecule has 0 aromatic heterocycles. The Kier molecular flexibility index (Phi) is 2.72. The van der Waals surface area contributed by atoms with Crippen molar-refractivity contribution in [3.05, 3.63) is 32.0 Å². The van der Waals surface area contributed by atoms with Gasteiger partial charge in [0.15, 0.2) is 0 Å². The molecule has 0 amide bonds. The minimum atomic E-state index is -0.561. The molecule has 0 aliphatic rings. The van der Waals surface area contributed by atoms with Crippen molar-refractivity contribution in [1.82, 2.24) is 0 Å². The fourth-order valence-corrected chi connectivity index (χ4v) is 1.38. The number of phenolic OH excluding ortho intramolecular Hbond substituents is 1. The average molecular weight is 279 g/mol. The largest absolute Gasteiger partial charge is 0.507 e. The fourth-order valence-electron chi connectivity index (χ4n) is 0.696. The van der Waals surface area contributed by atoms with Crippen LogP contribution in [0.4, 0.5) is 10.1 Å². The number of rotatable bonds is 1. The zero-order chi connectivity index (χ0) is 9.14. The van der Waals surface area contributed by atoms with Crippen LogP contribution in [-0.2, 0) is 0 Å². The minimum absolute atomic E-state index is 0.0551. The summed E-state index contributed by atoms with van der Waals surface area (Å²) in [5, 5.41) is 12.3. The molecule has 0 unspecified atom stereocenters. The summed E-state index contributed by atoms with van der Waals surface area (Å²) in [7, 11) is 0. The van der Waals surface area contributed by atoms with E-state index in [1.807, 2.05) is 0 Å². The number of hydrogen-bond donors (Lipinski definition) is 1. The molecule has 1 rings (SSSR count). The summed E-state index contributed by atoms with van der Waals surface area (Å²) < 4.78 is 12.9. The quantitative estimate of drug-likeness (QED) is 0.365. The second kappa shape index (κ2) is 3.59. The monoisotopic (exact) mass is 279 g/mol. The first kappa shape index (κ1) is 9.08. The fraction of sp³-hybridized carbons (Fsp3) is 0. The molecule has 1 aromatic rings. The van der Waals surface area contributed by atoms with E-state index in [4.69, 9.17) is 10.6 Å². The van der Waals surface area contributed by atoms with Gasteiger partial charge in [0, 0.05) is 14.5 Å². The predicted octanol–water partition coefficient (Wildman–Crippen LogP) is 3.08. The summed E-state index contributed by atoms with van der Waals surface area (Å²) in [5.41, 5.74) is 8.14. The van der Waals surface area contributed by atoms with E-state index >= 15 is 0 Å². The van der Waals surface area contributed by atoms with Crippen LogP contribution in [0.15, 0.2) is 17.2 Å². The standard InChI is InChI=1S/C6H3FIN3O/c7-3-1-4(8)6(10-11-9)5(12)2-3/h1-2,12H. The molecule has 62 valence electrons. The first-order chi connectivity index (χ1) is 5.65. The maximum Gasteiger partial charge on any atom is 0.129 e. The third-order valence-corrected chi connectivity index (χ3v) is 1.98. The van der Waals surface area contributed by atoms with Gasteiger partial charge < -0.3 is 5.11 Å². The van der Waals surface area contributed by atoms with E-state index in [-0.39, 0.29) is 11.4 Å². The van der Waals surface area contributed by atoms with Crippen LogP contribution >= 0.6 is 22.6 Å². The number of halogens is 2. The van der Waals surface area contributed by atoms with Crippen molar-refractivity contribution in [1.29, 1.82) is 0 Å². The highest BCUT2D eigenvalue weighted by Gasteiger charge is 2.05. The SMILES string of the molecule is [N-]=[N+]=Nc1c(O)cc(F)cc1I. The summed E-state index contributed by atoms with van der Waals surface area (Å²) in [6.45, 7) is 0. The van der Waals surface area contributed by atoms with Crippen LogP contribution in [0.3, 0.4) is 0 Å². The molecule has 0 atom stereocenters. The van der Waals surface area contributed by atoms with Crippen molar-refractivity contribution in [3.8, 4) is 5.75 Å². The summed E-state index contributed by atoms with van der Waals surface area (Å²) in [6.07, 6.45) is 0. The van der Waals surface area contributed by atoms with E-state index in [0.717, 1.165) is 6.07 Å². The van der Waals surface area contributed by atoms with Gasteiger partial charge in [0.1, 0.15) is 11.6 Å². The van der Waals surface area contributed by atoms with Gasteiger partial charge in [-0.25, -0.2) is 4.39 Å². The number of azide groups is 1. The van der Waals surface area contributed by atoms with Crippen LogP contribution in [0.5, 0.6) is 5.75 Å². The van der Waals surface area contributed by atoms with Crippen LogP contribution < -0.4 is 0 Å². The van der Waals surface area contributed by atoms with Gasteiger partial charge in [0.25, 0.3) is 0 Å². The van der Waals surface area contributed by atoms with E-state index in [1.54, 1.807) is 22.6 Å². The van der Waals surface area contributed by atoms with Gasteiger partial charge in [-0.1, -0.05) is 5.11 Å². The third kappa shape index (κ3) is 1.77. The lowest BCUT2D eigenvalue weighted by Crippen LogP contribution is -1.78. The van der Waals surface area contributed by atoms with Gasteiger partial charge in [-0.15, -0.1) is 0 Å². The molecular weight excluding hydrogens is 276 g/mol. The van der Waals surface area contributed by atoms with Gasteiger partial charge in [-0.2, -0.15) is 0 Å². The second-order valence-corrected chi connectivity index (χ2v) is 3.11. The lowest BCUT2D eigenvalue weighted by Gasteiger charge is -1.99. The lowest BCUT2D eigenvalue weighted by molar-refractivity contribution is 0.470. The molecule has 0 heterocycles. The van der Waals surface area contributed by atoms with Crippen LogP contribution in [0, 0.1) is 9.39 Å². The normalized spacial score (nSPS) is 9.17. The van der Waals surface area contributed by atoms with Crippen molar-refractivity contribution in [2.24, 2.45) is 5.11 Å². The zero-order valence-corrected chi connectivity index (χ0v) is 7.86. The van der Waals surface area contributed by atoms with Gasteiger partial charge in [0.05, 0.1) is 5.69 Å². The Bertz CT molecular complexity index is 339. The van der Waals surface area contributed by atoms with Crippen molar-refractivity contribution >= 4 is 28.3 Å². The van der Waals surface area contributed by atoms with Crippen molar-refractivity contribution in [2.45, 2.75) is 0 Å². The van der Waals surface area contributed by atoms with Crippen LogP contribution in [0.2, 0.25) is 0 Å². The lowest BCUT2D eigenvalue weighted by atomic mass is 10.3. The topological polar surface area (TPSA) is 69.0 Å². The Morgan fingerprint density at radius 1 is 1.58 bits per heavy atom. The first-order valence-corrected chi connectivity index (χ1v) is 3.96. The van der Waals surface area contributed by atoms with Crippen LogP contribution in [0.1, 0.15) is 0 Å². The van der Waals surface area contributed by atoms with Crippen molar-refractivity contribution in [3.63, 3.8) is 0 Å². The highest BCUT2D eigenvalue weighted by Crippen LogP contribution is 2.32. The second-order valence-electron chi connectivity index (χ2n) is 1.94. The Balaban J connectivity index is 3.37. The molecule has 1 N–H and O–H groups in total. The maximum atomic E-state index is 12.5. The summed E-state index contributed by atoms with van der Waals surface area (Å²) in [4.78, 5) is 2.50. The van der Waals surface area contributed by atoms with E-state index in [2.05, 4.69) is 10.0 Å². The zero-order valence-electron chi connectivity index (χ0n) is 5.70. The number of aromatic hydroxyl groups is 1. The van der Waals surface area contributed by atoms with Gasteiger partial charge in [-0.3, -0.25) is 0 Å². The van der Waals surface area contributed by atoms with E-state index in [1.165, 1.54) is 6.07 Å². The molecule has 0 aliphatic carbocycles. The van der Waals surface area contributed by atoms with E-state index in [9.17, 15) is 4.39 Å².